The summed E-state index contributed by atoms with van der Waals surface area (Å²) in [5.41, 5.74) is -0.0453. The molecule has 0 spiro atoms. The van der Waals surface area contributed by atoms with Crippen LogP contribution in [0.1, 0.15) is 37.4 Å². The monoisotopic (exact) mass is 417 g/mol. The zero-order chi connectivity index (χ0) is 21.2. The first-order chi connectivity index (χ1) is 13.8. The van der Waals surface area contributed by atoms with Crippen molar-refractivity contribution in [1.82, 2.24) is 15.5 Å². The number of nitrogens with one attached hydrogen (secondary N) is 2. The third-order valence-corrected chi connectivity index (χ3v) is 5.31. The summed E-state index contributed by atoms with van der Waals surface area (Å²) in [6, 6.07) is 11.4. The summed E-state index contributed by atoms with van der Waals surface area (Å²) in [6.07, 6.45) is 0.264. The third-order valence-electron chi connectivity index (χ3n) is 5.07. The van der Waals surface area contributed by atoms with E-state index >= 15 is 0 Å². The van der Waals surface area contributed by atoms with Gasteiger partial charge < -0.3 is 10.6 Å². The Hall–Kier alpha value is -2.93. The number of hydrogen-bond acceptors (Lipinski definition) is 3. The summed E-state index contributed by atoms with van der Waals surface area (Å²) in [7, 11) is 0. The largest absolute Gasteiger partial charge is 0.348 e. The van der Waals surface area contributed by atoms with Crippen LogP contribution in [0.15, 0.2) is 48.5 Å². The number of benzene rings is 2. The highest BCUT2D eigenvalue weighted by molar-refractivity contribution is 6.30. The smallest absolute Gasteiger partial charge is 0.325 e. The average Bonchev–Trinajstić information content (AvgIpc) is 2.93. The second-order valence-electron chi connectivity index (χ2n) is 6.93. The first-order valence-electron chi connectivity index (χ1n) is 9.22. The summed E-state index contributed by atoms with van der Waals surface area (Å²) < 4.78 is 13.3. The minimum atomic E-state index is -1.32. The number of carbonyl (C=O) groups excluding carboxylic acids is 3. The Kier molecular flexibility index (Phi) is 5.88. The molecule has 29 heavy (non-hydrogen) atoms. The molecule has 1 saturated heterocycles. The second kappa shape index (κ2) is 8.21. The first-order valence-corrected chi connectivity index (χ1v) is 9.59. The van der Waals surface area contributed by atoms with E-state index in [1.165, 1.54) is 24.3 Å². The van der Waals surface area contributed by atoms with Crippen LogP contribution in [0.2, 0.25) is 5.02 Å². The maximum Gasteiger partial charge on any atom is 0.325 e. The molecule has 0 aromatic heterocycles. The molecule has 2 atom stereocenters. The lowest BCUT2D eigenvalue weighted by molar-refractivity contribution is -0.135. The Morgan fingerprint density at radius 2 is 1.93 bits per heavy atom. The Morgan fingerprint density at radius 1 is 1.24 bits per heavy atom. The van der Waals surface area contributed by atoms with Crippen LogP contribution in [0.5, 0.6) is 0 Å². The van der Waals surface area contributed by atoms with E-state index in [9.17, 15) is 18.8 Å². The number of halogens is 2. The van der Waals surface area contributed by atoms with Crippen molar-refractivity contribution in [2.45, 2.75) is 31.8 Å². The van der Waals surface area contributed by atoms with Crippen LogP contribution in [0.25, 0.3) is 0 Å². The predicted octanol–water partition coefficient (Wildman–Crippen LogP) is 3.51. The number of nitrogens with zero attached hydrogens (tertiary/aromatic N) is 1. The van der Waals surface area contributed by atoms with Crippen molar-refractivity contribution in [3.8, 4) is 0 Å². The summed E-state index contributed by atoms with van der Waals surface area (Å²) in [6.45, 7) is 3.11. The van der Waals surface area contributed by atoms with Crippen LogP contribution in [-0.2, 0) is 15.1 Å². The van der Waals surface area contributed by atoms with Gasteiger partial charge in [0.2, 0.25) is 5.91 Å². The molecule has 0 radical (unpaired) electrons. The van der Waals surface area contributed by atoms with Crippen molar-refractivity contribution in [3.63, 3.8) is 0 Å². The molecule has 1 aliphatic rings. The van der Waals surface area contributed by atoms with Gasteiger partial charge in [-0.1, -0.05) is 42.8 Å². The van der Waals surface area contributed by atoms with E-state index in [1.807, 2.05) is 6.07 Å². The quantitative estimate of drug-likeness (QED) is 0.706. The molecule has 2 N–H and O–H groups in total. The van der Waals surface area contributed by atoms with E-state index in [-0.39, 0.29) is 12.5 Å². The molecule has 2 aromatic carbocycles. The number of imide groups is 1. The fraction of sp³-hybridized carbons (Fsp3) is 0.286. The molecular weight excluding hydrogens is 397 g/mol. The third kappa shape index (κ3) is 4.10. The molecule has 1 aliphatic heterocycles. The molecular formula is C21H21ClFN3O3. The maximum atomic E-state index is 13.3. The Bertz CT molecular complexity index is 950. The number of carbonyl (C=O) groups is 3. The molecule has 1 fully saturated rings. The van der Waals surface area contributed by atoms with Gasteiger partial charge in [-0.3, -0.25) is 14.5 Å². The molecule has 6 nitrogen and oxygen atoms in total. The van der Waals surface area contributed by atoms with Gasteiger partial charge in [0.1, 0.15) is 17.9 Å². The Morgan fingerprint density at radius 3 is 2.55 bits per heavy atom. The van der Waals surface area contributed by atoms with E-state index < -0.39 is 35.7 Å². The number of amides is 4. The van der Waals surface area contributed by atoms with Gasteiger partial charge in [0, 0.05) is 5.02 Å². The highest BCUT2D eigenvalue weighted by Crippen LogP contribution is 2.32. The van der Waals surface area contributed by atoms with Crippen molar-refractivity contribution >= 4 is 29.4 Å². The van der Waals surface area contributed by atoms with Gasteiger partial charge in [0.25, 0.3) is 5.91 Å². The molecule has 8 heteroatoms. The van der Waals surface area contributed by atoms with E-state index in [2.05, 4.69) is 10.6 Å². The molecule has 152 valence electrons. The topological polar surface area (TPSA) is 78.5 Å². The fourth-order valence-electron chi connectivity index (χ4n) is 3.43. The van der Waals surface area contributed by atoms with Gasteiger partial charge >= 0.3 is 6.03 Å². The SMILES string of the molecule is CC[C@]1(c2ccc(F)cc2)NC(=O)N(CC(=O)N[C@H](C)c2cccc(Cl)c2)C1=O. The van der Waals surface area contributed by atoms with E-state index in [0.29, 0.717) is 10.6 Å². The maximum absolute atomic E-state index is 13.3. The van der Waals surface area contributed by atoms with Crippen LogP contribution >= 0.6 is 11.6 Å². The van der Waals surface area contributed by atoms with E-state index in [4.69, 9.17) is 11.6 Å². The fourth-order valence-corrected chi connectivity index (χ4v) is 3.63. The number of hydrogen-bond donors (Lipinski definition) is 2. The van der Waals surface area contributed by atoms with Gasteiger partial charge in [-0.05, 0) is 48.7 Å². The van der Waals surface area contributed by atoms with Gasteiger partial charge in [0.05, 0.1) is 6.04 Å². The van der Waals surface area contributed by atoms with Crippen LogP contribution in [0.4, 0.5) is 9.18 Å². The second-order valence-corrected chi connectivity index (χ2v) is 7.37. The number of rotatable bonds is 6. The molecule has 0 unspecified atom stereocenters. The highest BCUT2D eigenvalue weighted by Gasteiger charge is 2.51. The molecule has 1 heterocycles. The normalized spacial score (nSPS) is 19.8. The van der Waals surface area contributed by atoms with Gasteiger partial charge in [-0.15, -0.1) is 0 Å². The first kappa shape index (κ1) is 20.8. The molecule has 0 bridgehead atoms. The van der Waals surface area contributed by atoms with Gasteiger partial charge in [0.15, 0.2) is 0 Å². The van der Waals surface area contributed by atoms with Crippen LogP contribution in [0.3, 0.4) is 0 Å². The summed E-state index contributed by atoms with van der Waals surface area (Å²) in [4.78, 5) is 38.9. The lowest BCUT2D eigenvalue weighted by atomic mass is 9.87. The molecule has 2 aromatic rings. The molecule has 0 saturated carbocycles. The summed E-state index contributed by atoms with van der Waals surface area (Å²) in [5.74, 6) is -1.46. The standard InChI is InChI=1S/C21H21ClFN3O3/c1-3-21(15-7-9-17(23)10-8-15)19(28)26(20(29)25-21)12-18(27)24-13(2)14-5-4-6-16(22)11-14/h4-11,13H,3,12H2,1-2H3,(H,24,27)(H,25,29)/t13-,21-/m1/s1. The van der Waals surface area contributed by atoms with Crippen molar-refractivity contribution in [3.05, 3.63) is 70.5 Å². The molecule has 0 aliphatic carbocycles. The lowest BCUT2D eigenvalue weighted by Crippen LogP contribution is -2.45. The number of urea groups is 1. The van der Waals surface area contributed by atoms with Crippen LogP contribution in [-0.4, -0.2) is 29.3 Å². The Balaban J connectivity index is 1.74. The van der Waals surface area contributed by atoms with Crippen LogP contribution in [0, 0.1) is 5.82 Å². The zero-order valence-electron chi connectivity index (χ0n) is 16.0. The van der Waals surface area contributed by atoms with Gasteiger partial charge in [-0.2, -0.15) is 0 Å². The van der Waals surface area contributed by atoms with E-state index in [0.717, 1.165) is 10.5 Å². The minimum Gasteiger partial charge on any atom is -0.348 e. The van der Waals surface area contributed by atoms with Crippen LogP contribution < -0.4 is 10.6 Å². The predicted molar refractivity (Wildman–Crippen MR) is 107 cm³/mol. The lowest BCUT2D eigenvalue weighted by Gasteiger charge is -2.25. The van der Waals surface area contributed by atoms with Crippen molar-refractivity contribution in [2.24, 2.45) is 0 Å². The average molecular weight is 418 g/mol. The Labute approximate surface area is 173 Å². The van der Waals surface area contributed by atoms with E-state index in [1.54, 1.807) is 32.0 Å². The van der Waals surface area contributed by atoms with Crippen molar-refractivity contribution in [1.29, 1.82) is 0 Å². The zero-order valence-corrected chi connectivity index (χ0v) is 16.8. The summed E-state index contributed by atoms with van der Waals surface area (Å²) >= 11 is 5.97. The van der Waals surface area contributed by atoms with Crippen molar-refractivity contribution in [2.75, 3.05) is 6.54 Å². The minimum absolute atomic E-state index is 0.264. The van der Waals surface area contributed by atoms with Gasteiger partial charge in [-0.25, -0.2) is 9.18 Å². The highest BCUT2D eigenvalue weighted by atomic mass is 35.5. The van der Waals surface area contributed by atoms with Crippen molar-refractivity contribution < 1.29 is 18.8 Å². The summed E-state index contributed by atoms with van der Waals surface area (Å²) in [5, 5.41) is 5.98. The molecule has 3 rings (SSSR count). The molecule has 4 amide bonds.